The average molecular weight is 415 g/mol. The summed E-state index contributed by atoms with van der Waals surface area (Å²) in [5.41, 5.74) is 7.56. The van der Waals surface area contributed by atoms with E-state index in [9.17, 15) is 9.59 Å². The van der Waals surface area contributed by atoms with E-state index in [2.05, 4.69) is 52.3 Å². The van der Waals surface area contributed by atoms with Gasteiger partial charge < -0.3 is 20.7 Å². The molecule has 0 radical (unpaired) electrons. The number of methoxy groups -OCH3 is 1. The smallest absolute Gasteiger partial charge is 0.243 e. The predicted molar refractivity (Wildman–Crippen MR) is 123 cm³/mol. The number of amides is 2. The van der Waals surface area contributed by atoms with Crippen LogP contribution < -0.4 is 20.7 Å². The lowest BCUT2D eigenvalue weighted by Crippen LogP contribution is -2.36. The lowest BCUT2D eigenvalue weighted by atomic mass is 10.1. The first-order valence-corrected chi connectivity index (χ1v) is 10.2. The largest absolute Gasteiger partial charge is 0.495 e. The lowest BCUT2D eigenvalue weighted by molar-refractivity contribution is -0.122. The van der Waals surface area contributed by atoms with E-state index >= 15 is 0 Å². The summed E-state index contributed by atoms with van der Waals surface area (Å²) in [6.07, 6.45) is 0.899. The Labute approximate surface area is 181 Å². The van der Waals surface area contributed by atoms with Gasteiger partial charge in [-0.25, -0.2) is 0 Å². The summed E-state index contributed by atoms with van der Waals surface area (Å²) >= 11 is 0. The summed E-state index contributed by atoms with van der Waals surface area (Å²) in [6.45, 7) is 1.91. The molecule has 0 saturated heterocycles. The van der Waals surface area contributed by atoms with Crippen molar-refractivity contribution in [2.45, 2.75) is 13.3 Å². The van der Waals surface area contributed by atoms with Crippen LogP contribution in [-0.4, -0.2) is 32.0 Å². The number of fused-ring (bicyclic) bond motifs is 3. The van der Waals surface area contributed by atoms with Gasteiger partial charge >= 0.3 is 0 Å². The number of hydrogen-bond donors (Lipinski definition) is 3. The molecule has 2 amide bonds. The van der Waals surface area contributed by atoms with Crippen LogP contribution in [0.2, 0.25) is 0 Å². The van der Waals surface area contributed by atoms with E-state index in [4.69, 9.17) is 4.74 Å². The number of anilines is 2. The molecule has 0 aromatic heterocycles. The molecule has 6 heteroatoms. The number of carbonyl (C=O) groups is 2. The van der Waals surface area contributed by atoms with Crippen molar-refractivity contribution in [2.75, 3.05) is 30.8 Å². The Kier molecular flexibility index (Phi) is 5.89. The van der Waals surface area contributed by atoms with Gasteiger partial charge in [0.15, 0.2) is 0 Å². The highest BCUT2D eigenvalue weighted by molar-refractivity contribution is 5.96. The molecule has 31 heavy (non-hydrogen) atoms. The van der Waals surface area contributed by atoms with Crippen LogP contribution in [0.4, 0.5) is 11.4 Å². The van der Waals surface area contributed by atoms with E-state index in [1.165, 1.54) is 22.3 Å². The van der Waals surface area contributed by atoms with Crippen LogP contribution in [0, 0.1) is 6.92 Å². The highest BCUT2D eigenvalue weighted by Crippen LogP contribution is 2.37. The number of aryl methyl sites for hydroxylation is 1. The van der Waals surface area contributed by atoms with E-state index in [1.807, 2.05) is 25.1 Å². The van der Waals surface area contributed by atoms with Crippen LogP contribution in [-0.2, 0) is 16.0 Å². The van der Waals surface area contributed by atoms with Gasteiger partial charge in [0.25, 0.3) is 0 Å². The Morgan fingerprint density at radius 1 is 0.903 bits per heavy atom. The molecule has 6 nitrogen and oxygen atoms in total. The van der Waals surface area contributed by atoms with E-state index in [-0.39, 0.29) is 24.9 Å². The molecule has 0 aliphatic heterocycles. The van der Waals surface area contributed by atoms with Crippen LogP contribution in [0.15, 0.2) is 60.7 Å². The van der Waals surface area contributed by atoms with E-state index in [0.717, 1.165) is 17.7 Å². The molecule has 0 spiro atoms. The van der Waals surface area contributed by atoms with Crippen molar-refractivity contribution in [1.82, 2.24) is 5.32 Å². The summed E-state index contributed by atoms with van der Waals surface area (Å²) in [7, 11) is 1.55. The van der Waals surface area contributed by atoms with Crippen molar-refractivity contribution in [2.24, 2.45) is 0 Å². The second kappa shape index (κ2) is 8.92. The van der Waals surface area contributed by atoms with Crippen LogP contribution >= 0.6 is 0 Å². The zero-order valence-electron chi connectivity index (χ0n) is 17.6. The molecule has 3 aromatic rings. The Bertz CT molecular complexity index is 1140. The second-order valence-electron chi connectivity index (χ2n) is 7.59. The quantitative estimate of drug-likeness (QED) is 0.430. The SMILES string of the molecule is COc1ccc(C)cc1NC(=O)CNC(=O)CNc1ccc2c(c1)Cc1ccccc1-2. The molecule has 158 valence electrons. The van der Waals surface area contributed by atoms with Gasteiger partial charge in [-0.1, -0.05) is 36.4 Å². The number of nitrogens with one attached hydrogen (secondary N) is 3. The third-order valence-corrected chi connectivity index (χ3v) is 5.32. The van der Waals surface area contributed by atoms with Gasteiger partial charge in [0.05, 0.1) is 25.9 Å². The minimum absolute atomic E-state index is 0.0901. The first kappa shape index (κ1) is 20.5. The molecule has 0 fully saturated rings. The van der Waals surface area contributed by atoms with Gasteiger partial charge in [0.2, 0.25) is 11.8 Å². The number of ether oxygens (including phenoxy) is 1. The summed E-state index contributed by atoms with van der Waals surface area (Å²) in [5.74, 6) is 0.00777. The van der Waals surface area contributed by atoms with Gasteiger partial charge in [0, 0.05) is 5.69 Å². The molecule has 1 aliphatic rings. The maximum atomic E-state index is 12.2. The van der Waals surface area contributed by atoms with Crippen molar-refractivity contribution < 1.29 is 14.3 Å². The third-order valence-electron chi connectivity index (χ3n) is 5.32. The van der Waals surface area contributed by atoms with E-state index in [1.54, 1.807) is 13.2 Å². The third kappa shape index (κ3) is 4.69. The fraction of sp³-hybridized carbons (Fsp3) is 0.200. The van der Waals surface area contributed by atoms with Crippen LogP contribution in [0.5, 0.6) is 5.75 Å². The van der Waals surface area contributed by atoms with Crippen molar-refractivity contribution >= 4 is 23.2 Å². The highest BCUT2D eigenvalue weighted by atomic mass is 16.5. The molecule has 3 aromatic carbocycles. The predicted octanol–water partition coefficient (Wildman–Crippen LogP) is 3.74. The fourth-order valence-electron chi connectivity index (χ4n) is 3.79. The maximum absolute atomic E-state index is 12.2. The molecule has 0 heterocycles. The minimum atomic E-state index is -0.312. The van der Waals surface area contributed by atoms with Crippen LogP contribution in [0.3, 0.4) is 0 Å². The molecule has 0 saturated carbocycles. The summed E-state index contributed by atoms with van der Waals surface area (Å²) < 4.78 is 5.25. The number of benzene rings is 3. The number of carbonyl (C=O) groups excluding carboxylic acids is 2. The fourth-order valence-corrected chi connectivity index (χ4v) is 3.79. The van der Waals surface area contributed by atoms with Crippen molar-refractivity contribution in [3.8, 4) is 16.9 Å². The number of rotatable bonds is 7. The normalized spacial score (nSPS) is 11.3. The topological polar surface area (TPSA) is 79.5 Å². The molecular formula is C25H25N3O3. The molecule has 0 bridgehead atoms. The first-order valence-electron chi connectivity index (χ1n) is 10.2. The zero-order chi connectivity index (χ0) is 21.8. The maximum Gasteiger partial charge on any atom is 0.243 e. The van der Waals surface area contributed by atoms with E-state index < -0.39 is 0 Å². The Balaban J connectivity index is 1.27. The van der Waals surface area contributed by atoms with Gasteiger partial charge in [-0.3, -0.25) is 9.59 Å². The molecule has 1 aliphatic carbocycles. The van der Waals surface area contributed by atoms with E-state index in [0.29, 0.717) is 11.4 Å². The minimum Gasteiger partial charge on any atom is -0.495 e. The average Bonchev–Trinajstić information content (AvgIpc) is 3.14. The van der Waals surface area contributed by atoms with Crippen molar-refractivity contribution in [1.29, 1.82) is 0 Å². The van der Waals surface area contributed by atoms with Gasteiger partial charge in [-0.05, 0) is 65.4 Å². The molecule has 4 rings (SSSR count). The molecule has 3 N–H and O–H groups in total. The first-order chi connectivity index (χ1) is 15.0. The Morgan fingerprint density at radius 2 is 1.71 bits per heavy atom. The van der Waals surface area contributed by atoms with Gasteiger partial charge in [-0.15, -0.1) is 0 Å². The zero-order valence-corrected chi connectivity index (χ0v) is 17.6. The van der Waals surface area contributed by atoms with Gasteiger partial charge in [0.1, 0.15) is 5.75 Å². The van der Waals surface area contributed by atoms with Gasteiger partial charge in [-0.2, -0.15) is 0 Å². The van der Waals surface area contributed by atoms with Crippen LogP contribution in [0.1, 0.15) is 16.7 Å². The number of hydrogen-bond acceptors (Lipinski definition) is 4. The summed E-state index contributed by atoms with van der Waals surface area (Å²) in [5, 5.41) is 8.54. The summed E-state index contributed by atoms with van der Waals surface area (Å²) in [6, 6.07) is 20.1. The molecule has 0 unspecified atom stereocenters. The standard InChI is InChI=1S/C25H25N3O3/c1-16-7-10-23(31-2)22(11-16)28-25(30)15-27-24(29)14-26-19-8-9-21-18(13-19)12-17-5-3-4-6-20(17)21/h3-11,13,26H,12,14-15H2,1-2H3,(H,27,29)(H,28,30). The Hall–Kier alpha value is -3.80. The molecular weight excluding hydrogens is 390 g/mol. The highest BCUT2D eigenvalue weighted by Gasteiger charge is 2.18. The summed E-state index contributed by atoms with van der Waals surface area (Å²) in [4.78, 5) is 24.4. The van der Waals surface area contributed by atoms with Crippen LogP contribution in [0.25, 0.3) is 11.1 Å². The monoisotopic (exact) mass is 415 g/mol. The molecule has 0 atom stereocenters. The Morgan fingerprint density at radius 3 is 2.55 bits per heavy atom. The van der Waals surface area contributed by atoms with Crippen molar-refractivity contribution in [3.05, 3.63) is 77.4 Å². The second-order valence-corrected chi connectivity index (χ2v) is 7.59. The van der Waals surface area contributed by atoms with Crippen molar-refractivity contribution in [3.63, 3.8) is 0 Å². The lowest BCUT2D eigenvalue weighted by Gasteiger charge is -2.12.